The highest BCUT2D eigenvalue weighted by Crippen LogP contribution is 2.35. The van der Waals surface area contributed by atoms with E-state index in [-0.39, 0.29) is 24.3 Å². The maximum Gasteiger partial charge on any atom is 0.242 e. The molecule has 2 fully saturated rings. The molecule has 0 spiro atoms. The summed E-state index contributed by atoms with van der Waals surface area (Å²) in [7, 11) is 0. The molecule has 0 aliphatic carbocycles. The highest BCUT2D eigenvalue weighted by Gasteiger charge is 2.39. The smallest absolute Gasteiger partial charge is 0.242 e. The quantitative estimate of drug-likeness (QED) is 0.784. The average molecular weight is 267 g/mol. The monoisotopic (exact) mass is 267 g/mol. The summed E-state index contributed by atoms with van der Waals surface area (Å²) in [4.78, 5) is 26.0. The third-order valence-electron chi connectivity index (χ3n) is 4.42. The van der Waals surface area contributed by atoms with Gasteiger partial charge in [-0.15, -0.1) is 0 Å². The summed E-state index contributed by atoms with van der Waals surface area (Å²) in [5.41, 5.74) is 5.75. The largest absolute Gasteiger partial charge is 0.346 e. The van der Waals surface area contributed by atoms with Crippen LogP contribution in [0.15, 0.2) is 0 Å². The molecule has 108 valence electrons. The first-order valence-corrected chi connectivity index (χ1v) is 7.35. The topological polar surface area (TPSA) is 75.4 Å². The number of fused-ring (bicyclic) bond motifs is 2. The van der Waals surface area contributed by atoms with Crippen molar-refractivity contribution in [1.82, 2.24) is 10.2 Å². The number of hydrogen-bond acceptors (Lipinski definition) is 3. The molecule has 0 saturated carbocycles. The van der Waals surface area contributed by atoms with Crippen molar-refractivity contribution in [2.24, 2.45) is 11.7 Å². The lowest BCUT2D eigenvalue weighted by Crippen LogP contribution is -2.51. The van der Waals surface area contributed by atoms with Gasteiger partial charge in [0.25, 0.3) is 0 Å². The van der Waals surface area contributed by atoms with Gasteiger partial charge in [0.15, 0.2) is 0 Å². The molecule has 2 aliphatic heterocycles. The van der Waals surface area contributed by atoms with Crippen molar-refractivity contribution in [3.05, 3.63) is 0 Å². The van der Waals surface area contributed by atoms with E-state index in [9.17, 15) is 9.59 Å². The standard InChI is InChI=1S/C14H25N3O2/c1-9(2)13(15)14(19)16-8-12(18)17-10-4-3-5-11(17)7-6-10/h9-11,13H,3-8,15H2,1-2H3,(H,16,19)/t10?,11?,13-/m0/s1. The Balaban J connectivity index is 1.83. The van der Waals surface area contributed by atoms with Gasteiger partial charge in [-0.05, 0) is 38.0 Å². The van der Waals surface area contributed by atoms with Gasteiger partial charge < -0.3 is 16.0 Å². The molecule has 2 bridgehead atoms. The van der Waals surface area contributed by atoms with E-state index in [0.717, 1.165) is 25.7 Å². The molecule has 0 aromatic rings. The number of amides is 2. The van der Waals surface area contributed by atoms with Crippen LogP contribution in [0, 0.1) is 5.92 Å². The third kappa shape index (κ3) is 3.08. The fourth-order valence-corrected chi connectivity index (χ4v) is 3.20. The molecule has 0 aromatic carbocycles. The van der Waals surface area contributed by atoms with Crippen LogP contribution in [0.4, 0.5) is 0 Å². The van der Waals surface area contributed by atoms with E-state index in [1.54, 1.807) is 0 Å². The molecule has 2 unspecified atom stereocenters. The number of carbonyl (C=O) groups is 2. The molecule has 2 heterocycles. The van der Waals surface area contributed by atoms with Gasteiger partial charge >= 0.3 is 0 Å². The summed E-state index contributed by atoms with van der Waals surface area (Å²) in [6, 6.07) is 0.273. The van der Waals surface area contributed by atoms with Gasteiger partial charge in [0, 0.05) is 12.1 Å². The molecule has 5 nitrogen and oxygen atoms in total. The Kier molecular flexibility index (Phi) is 4.45. The first-order valence-electron chi connectivity index (χ1n) is 7.35. The summed E-state index contributed by atoms with van der Waals surface area (Å²) >= 11 is 0. The number of nitrogens with one attached hydrogen (secondary N) is 1. The predicted molar refractivity (Wildman–Crippen MR) is 73.3 cm³/mol. The van der Waals surface area contributed by atoms with Crippen molar-refractivity contribution < 1.29 is 9.59 Å². The minimum Gasteiger partial charge on any atom is -0.346 e. The number of piperidine rings is 1. The van der Waals surface area contributed by atoms with Gasteiger partial charge in [-0.3, -0.25) is 9.59 Å². The molecule has 3 atom stereocenters. The molecule has 0 radical (unpaired) electrons. The van der Waals surface area contributed by atoms with Crippen molar-refractivity contribution in [3.8, 4) is 0 Å². The van der Waals surface area contributed by atoms with Gasteiger partial charge in [-0.2, -0.15) is 0 Å². The fourth-order valence-electron chi connectivity index (χ4n) is 3.20. The highest BCUT2D eigenvalue weighted by atomic mass is 16.2. The maximum absolute atomic E-state index is 12.2. The molecular formula is C14H25N3O2. The molecular weight excluding hydrogens is 242 g/mol. The summed E-state index contributed by atoms with van der Waals surface area (Å²) in [6.45, 7) is 3.89. The first kappa shape index (κ1) is 14.3. The molecule has 2 saturated heterocycles. The Hall–Kier alpha value is -1.10. The molecule has 2 rings (SSSR count). The molecule has 5 heteroatoms. The predicted octanol–water partition coefficient (Wildman–Crippen LogP) is 0.629. The Morgan fingerprint density at radius 3 is 2.32 bits per heavy atom. The van der Waals surface area contributed by atoms with Gasteiger partial charge in [-0.25, -0.2) is 0 Å². The maximum atomic E-state index is 12.2. The normalized spacial score (nSPS) is 27.5. The summed E-state index contributed by atoms with van der Waals surface area (Å²) < 4.78 is 0. The Bertz CT molecular complexity index is 341. The zero-order valence-electron chi connectivity index (χ0n) is 11.9. The average Bonchev–Trinajstić information content (AvgIpc) is 2.64. The van der Waals surface area contributed by atoms with Crippen LogP contribution in [0.2, 0.25) is 0 Å². The molecule has 3 N–H and O–H groups in total. The zero-order chi connectivity index (χ0) is 14.0. The minimum atomic E-state index is -0.536. The van der Waals surface area contributed by atoms with Crippen LogP contribution in [0.1, 0.15) is 46.0 Å². The SMILES string of the molecule is CC(C)[C@H](N)C(=O)NCC(=O)N1C2CCCC1CC2. The highest BCUT2D eigenvalue weighted by molar-refractivity contribution is 5.87. The zero-order valence-corrected chi connectivity index (χ0v) is 11.9. The summed E-state index contributed by atoms with van der Waals surface area (Å²) in [5.74, 6) is -0.0921. The first-order chi connectivity index (χ1) is 9.00. The van der Waals surface area contributed by atoms with Crippen LogP contribution < -0.4 is 11.1 Å². The van der Waals surface area contributed by atoms with Crippen LogP contribution in [0.5, 0.6) is 0 Å². The second-order valence-electron chi connectivity index (χ2n) is 6.10. The Morgan fingerprint density at radius 2 is 1.79 bits per heavy atom. The van der Waals surface area contributed by atoms with Gasteiger partial charge in [0.05, 0.1) is 12.6 Å². The van der Waals surface area contributed by atoms with Crippen LogP contribution >= 0.6 is 0 Å². The lowest BCUT2D eigenvalue weighted by Gasteiger charge is -2.35. The van der Waals surface area contributed by atoms with Crippen molar-refractivity contribution >= 4 is 11.8 Å². The summed E-state index contributed by atoms with van der Waals surface area (Å²) in [6.07, 6.45) is 5.69. The van der Waals surface area contributed by atoms with Crippen LogP contribution in [-0.4, -0.2) is 41.4 Å². The lowest BCUT2D eigenvalue weighted by atomic mass is 10.0. The summed E-state index contributed by atoms with van der Waals surface area (Å²) in [5, 5.41) is 2.67. The van der Waals surface area contributed by atoms with Crippen LogP contribution in [0.3, 0.4) is 0 Å². The number of carbonyl (C=O) groups excluding carboxylic acids is 2. The van der Waals surface area contributed by atoms with E-state index in [0.29, 0.717) is 12.1 Å². The molecule has 2 amide bonds. The fraction of sp³-hybridized carbons (Fsp3) is 0.857. The van der Waals surface area contributed by atoms with Gasteiger partial charge in [-0.1, -0.05) is 13.8 Å². The van der Waals surface area contributed by atoms with E-state index in [2.05, 4.69) is 5.32 Å². The van der Waals surface area contributed by atoms with Crippen molar-refractivity contribution in [3.63, 3.8) is 0 Å². The number of rotatable bonds is 4. The number of nitrogens with two attached hydrogens (primary N) is 1. The van der Waals surface area contributed by atoms with Crippen LogP contribution in [-0.2, 0) is 9.59 Å². The lowest BCUT2D eigenvalue weighted by molar-refractivity contribution is -0.136. The third-order valence-corrected chi connectivity index (χ3v) is 4.42. The minimum absolute atomic E-state index is 0.0523. The van der Waals surface area contributed by atoms with Gasteiger partial charge in [0.2, 0.25) is 11.8 Å². The van der Waals surface area contributed by atoms with Crippen LogP contribution in [0.25, 0.3) is 0 Å². The van der Waals surface area contributed by atoms with E-state index < -0.39 is 6.04 Å². The van der Waals surface area contributed by atoms with Crippen molar-refractivity contribution in [1.29, 1.82) is 0 Å². The Labute approximate surface area is 114 Å². The van der Waals surface area contributed by atoms with E-state index >= 15 is 0 Å². The van der Waals surface area contributed by atoms with E-state index in [4.69, 9.17) is 5.73 Å². The second-order valence-corrected chi connectivity index (χ2v) is 6.10. The molecule has 2 aliphatic rings. The van der Waals surface area contributed by atoms with Crippen molar-refractivity contribution in [2.75, 3.05) is 6.54 Å². The van der Waals surface area contributed by atoms with Crippen molar-refractivity contribution in [2.45, 2.75) is 64.1 Å². The number of hydrogen-bond donors (Lipinski definition) is 2. The molecule has 19 heavy (non-hydrogen) atoms. The van der Waals surface area contributed by atoms with E-state index in [1.165, 1.54) is 6.42 Å². The second kappa shape index (κ2) is 5.90. The van der Waals surface area contributed by atoms with E-state index in [1.807, 2.05) is 18.7 Å². The Morgan fingerprint density at radius 1 is 1.21 bits per heavy atom. The molecule has 0 aromatic heterocycles. The van der Waals surface area contributed by atoms with Gasteiger partial charge in [0.1, 0.15) is 0 Å². The number of nitrogens with zero attached hydrogens (tertiary/aromatic N) is 1.